The summed E-state index contributed by atoms with van der Waals surface area (Å²) in [6.07, 6.45) is 1.83. The lowest BCUT2D eigenvalue weighted by Gasteiger charge is -2.46. The van der Waals surface area contributed by atoms with E-state index in [0.717, 1.165) is 39.3 Å². The Balaban J connectivity index is 1.02. The molecule has 2 aromatic heterocycles. The largest absolute Gasteiger partial charge is 0.256 e. The maximum atomic E-state index is 5.13. The van der Waals surface area contributed by atoms with E-state index in [2.05, 4.69) is 177 Å². The maximum Gasteiger partial charge on any atom is 0.160 e. The van der Waals surface area contributed by atoms with Gasteiger partial charge in [0.1, 0.15) is 0 Å². The molecule has 274 valence electrons. The number of nitrogens with zero attached hydrogens (tertiary/aromatic N) is 3. The molecule has 0 fully saturated rings. The molecule has 11 rings (SSSR count). The molecular formula is C55H39N3. The van der Waals surface area contributed by atoms with E-state index in [1.165, 1.54) is 55.6 Å². The molecule has 0 aliphatic heterocycles. The van der Waals surface area contributed by atoms with Crippen LogP contribution in [0.2, 0.25) is 0 Å². The standard InChI is InChI=1S/C55H39N3/c1-54(2)46-23-10-11-24-47(46)55(44-21-8-6-19-42(44)43-20-7-9-22-45(43)55)48-31-30-39(34-49(48)54)36-26-28-37(29-27-36)51-35-52(58-53(57-51)38-15-4-3-5-16-38)41-18-14-17-40(33-41)50-25-12-13-32-56-50/h3-35H,1-2H3. The van der Waals surface area contributed by atoms with E-state index < -0.39 is 5.41 Å². The molecule has 0 amide bonds. The Morgan fingerprint density at radius 1 is 0.328 bits per heavy atom. The summed E-state index contributed by atoms with van der Waals surface area (Å²) in [5.41, 5.74) is 19.4. The number of hydrogen-bond acceptors (Lipinski definition) is 3. The van der Waals surface area contributed by atoms with Crippen molar-refractivity contribution in [2.75, 3.05) is 0 Å². The second kappa shape index (κ2) is 13.2. The van der Waals surface area contributed by atoms with Crippen LogP contribution in [0.25, 0.3) is 67.4 Å². The van der Waals surface area contributed by atoms with Crippen LogP contribution in [0.4, 0.5) is 0 Å². The third-order valence-electron chi connectivity index (χ3n) is 12.4. The zero-order valence-corrected chi connectivity index (χ0v) is 32.4. The average Bonchev–Trinajstić information content (AvgIpc) is 3.59. The van der Waals surface area contributed by atoms with Crippen molar-refractivity contribution in [2.45, 2.75) is 24.7 Å². The van der Waals surface area contributed by atoms with Crippen LogP contribution in [0.5, 0.6) is 0 Å². The van der Waals surface area contributed by atoms with Crippen molar-refractivity contribution in [3.8, 4) is 67.4 Å². The first-order valence-corrected chi connectivity index (χ1v) is 20.0. The fourth-order valence-electron chi connectivity index (χ4n) is 9.69. The van der Waals surface area contributed by atoms with E-state index in [1.807, 2.05) is 42.6 Å². The number of aromatic nitrogens is 3. The van der Waals surface area contributed by atoms with Crippen LogP contribution in [0.15, 0.2) is 200 Å². The monoisotopic (exact) mass is 741 g/mol. The van der Waals surface area contributed by atoms with Crippen LogP contribution in [0.1, 0.15) is 47.2 Å². The van der Waals surface area contributed by atoms with E-state index in [0.29, 0.717) is 5.82 Å². The van der Waals surface area contributed by atoms with Crippen LogP contribution in [0, 0.1) is 0 Å². The molecule has 0 bridgehead atoms. The van der Waals surface area contributed by atoms with Crippen LogP contribution in [0.3, 0.4) is 0 Å². The second-order valence-corrected chi connectivity index (χ2v) is 16.0. The molecular weight excluding hydrogens is 703 g/mol. The van der Waals surface area contributed by atoms with Crippen LogP contribution < -0.4 is 0 Å². The van der Waals surface area contributed by atoms with Gasteiger partial charge in [-0.05, 0) is 86.0 Å². The molecule has 0 N–H and O–H groups in total. The van der Waals surface area contributed by atoms with E-state index in [4.69, 9.17) is 9.97 Å². The van der Waals surface area contributed by atoms with Gasteiger partial charge in [-0.1, -0.05) is 178 Å². The van der Waals surface area contributed by atoms with Gasteiger partial charge in [0.2, 0.25) is 0 Å². The molecule has 58 heavy (non-hydrogen) atoms. The van der Waals surface area contributed by atoms with E-state index in [-0.39, 0.29) is 5.41 Å². The highest BCUT2D eigenvalue weighted by Gasteiger charge is 2.53. The Bertz CT molecular complexity index is 2970. The summed E-state index contributed by atoms with van der Waals surface area (Å²) in [7, 11) is 0. The SMILES string of the molecule is CC1(C)c2ccccc2C2(c3ccccc3-c3ccccc32)c2ccc(-c3ccc(-c4cc(-c5cccc(-c6ccccn6)c5)nc(-c5ccccc5)n4)cc3)cc21. The van der Waals surface area contributed by atoms with Crippen molar-refractivity contribution in [1.82, 2.24) is 15.0 Å². The zero-order valence-electron chi connectivity index (χ0n) is 32.4. The van der Waals surface area contributed by atoms with Gasteiger partial charge in [-0.15, -0.1) is 0 Å². The first-order chi connectivity index (χ1) is 28.5. The van der Waals surface area contributed by atoms with Crippen molar-refractivity contribution < 1.29 is 0 Å². The molecule has 0 saturated heterocycles. The van der Waals surface area contributed by atoms with Crippen molar-refractivity contribution in [3.05, 3.63) is 234 Å². The molecule has 7 aromatic carbocycles. The fourth-order valence-corrected chi connectivity index (χ4v) is 9.69. The van der Waals surface area contributed by atoms with Gasteiger partial charge in [-0.2, -0.15) is 0 Å². The summed E-state index contributed by atoms with van der Waals surface area (Å²) in [4.78, 5) is 14.8. The predicted molar refractivity (Wildman–Crippen MR) is 236 cm³/mol. The smallest absolute Gasteiger partial charge is 0.160 e. The average molecular weight is 742 g/mol. The van der Waals surface area contributed by atoms with Gasteiger partial charge < -0.3 is 0 Å². The molecule has 3 heteroatoms. The molecule has 0 atom stereocenters. The molecule has 1 spiro atoms. The highest BCUT2D eigenvalue weighted by Crippen LogP contribution is 2.62. The first-order valence-electron chi connectivity index (χ1n) is 20.0. The van der Waals surface area contributed by atoms with E-state index in [1.54, 1.807) is 0 Å². The zero-order chi connectivity index (χ0) is 38.8. The normalized spacial score (nSPS) is 14.0. The number of benzene rings is 7. The number of pyridine rings is 1. The van der Waals surface area contributed by atoms with E-state index >= 15 is 0 Å². The second-order valence-electron chi connectivity index (χ2n) is 16.0. The molecule has 9 aromatic rings. The predicted octanol–water partition coefficient (Wildman–Crippen LogP) is 13.2. The fraction of sp³-hybridized carbons (Fsp3) is 0.0727. The Kier molecular flexibility index (Phi) is 7.74. The summed E-state index contributed by atoms with van der Waals surface area (Å²) in [5.74, 6) is 0.696. The quantitative estimate of drug-likeness (QED) is 0.176. The van der Waals surface area contributed by atoms with E-state index in [9.17, 15) is 0 Å². The van der Waals surface area contributed by atoms with Gasteiger partial charge >= 0.3 is 0 Å². The summed E-state index contributed by atoms with van der Waals surface area (Å²) in [6.45, 7) is 4.78. The first kappa shape index (κ1) is 34.1. The molecule has 2 aliphatic rings. The minimum absolute atomic E-state index is 0.210. The number of fused-ring (bicyclic) bond motifs is 9. The third kappa shape index (κ3) is 5.17. The molecule has 0 saturated carbocycles. The Labute approximate surface area is 339 Å². The van der Waals surface area contributed by atoms with Gasteiger partial charge in [-0.25, -0.2) is 9.97 Å². The van der Waals surface area contributed by atoms with Crippen LogP contribution in [-0.2, 0) is 10.8 Å². The minimum Gasteiger partial charge on any atom is -0.256 e. The Hall–Kier alpha value is -7.23. The highest BCUT2D eigenvalue weighted by atomic mass is 14.9. The number of hydrogen-bond donors (Lipinski definition) is 0. The minimum atomic E-state index is -0.394. The number of rotatable bonds is 5. The van der Waals surface area contributed by atoms with Gasteiger partial charge in [0.05, 0.1) is 22.5 Å². The van der Waals surface area contributed by atoms with Crippen molar-refractivity contribution >= 4 is 0 Å². The lowest BCUT2D eigenvalue weighted by atomic mass is 9.55. The van der Waals surface area contributed by atoms with Crippen molar-refractivity contribution in [1.29, 1.82) is 0 Å². The molecule has 0 radical (unpaired) electrons. The Morgan fingerprint density at radius 2 is 0.862 bits per heavy atom. The van der Waals surface area contributed by atoms with Crippen LogP contribution >= 0.6 is 0 Å². The van der Waals surface area contributed by atoms with Gasteiger partial charge in [0, 0.05) is 33.9 Å². The molecule has 2 aliphatic carbocycles. The topological polar surface area (TPSA) is 38.7 Å². The van der Waals surface area contributed by atoms with Gasteiger partial charge in [-0.3, -0.25) is 4.98 Å². The van der Waals surface area contributed by atoms with Crippen molar-refractivity contribution in [3.63, 3.8) is 0 Å². The summed E-state index contributed by atoms with van der Waals surface area (Å²) in [5, 5.41) is 0. The van der Waals surface area contributed by atoms with Gasteiger partial charge in [0.15, 0.2) is 5.82 Å². The summed E-state index contributed by atoms with van der Waals surface area (Å²) in [6, 6.07) is 70.0. The molecule has 0 unspecified atom stereocenters. The molecule has 2 heterocycles. The lowest BCUT2D eigenvalue weighted by molar-refractivity contribution is 0.563. The lowest BCUT2D eigenvalue weighted by Crippen LogP contribution is -2.40. The van der Waals surface area contributed by atoms with Crippen molar-refractivity contribution in [2.24, 2.45) is 0 Å². The van der Waals surface area contributed by atoms with Gasteiger partial charge in [0.25, 0.3) is 0 Å². The highest BCUT2D eigenvalue weighted by molar-refractivity contribution is 5.89. The molecule has 3 nitrogen and oxygen atoms in total. The third-order valence-corrected chi connectivity index (χ3v) is 12.4. The Morgan fingerprint density at radius 3 is 1.55 bits per heavy atom. The van der Waals surface area contributed by atoms with Crippen LogP contribution in [-0.4, -0.2) is 15.0 Å². The summed E-state index contributed by atoms with van der Waals surface area (Å²) < 4.78 is 0. The summed E-state index contributed by atoms with van der Waals surface area (Å²) >= 11 is 0. The maximum absolute atomic E-state index is 5.13.